The van der Waals surface area contributed by atoms with E-state index >= 15 is 0 Å². The normalized spacial score (nSPS) is 18.6. The Labute approximate surface area is 204 Å². The number of carbonyl (C=O) groups excluding carboxylic acids is 1. The molecule has 4 rings (SSSR count). The number of pyridine rings is 2. The summed E-state index contributed by atoms with van der Waals surface area (Å²) in [5, 5.41) is 2.15. The van der Waals surface area contributed by atoms with Crippen molar-refractivity contribution >= 4 is 21.6 Å². The molecular weight excluding hydrogens is 500 g/mol. The Morgan fingerprint density at radius 3 is 2.22 bits per heavy atom. The van der Waals surface area contributed by atoms with Crippen molar-refractivity contribution in [1.82, 2.24) is 9.97 Å². The first kappa shape index (κ1) is 25.5. The fraction of sp³-hybridized carbons (Fsp3) is 0.292. The van der Waals surface area contributed by atoms with Crippen molar-refractivity contribution in [1.29, 1.82) is 0 Å². The fourth-order valence-corrected chi connectivity index (χ4v) is 5.98. The number of alkyl halides is 3. The van der Waals surface area contributed by atoms with Gasteiger partial charge in [0.15, 0.2) is 21.5 Å². The summed E-state index contributed by atoms with van der Waals surface area (Å²) in [5.74, 6) is -2.07. The molecule has 1 aliphatic carbocycles. The highest BCUT2D eigenvalue weighted by Gasteiger charge is 2.34. The minimum Gasteiger partial charge on any atom is -0.365 e. The lowest BCUT2D eigenvalue weighted by Crippen LogP contribution is -2.33. The van der Waals surface area contributed by atoms with Crippen LogP contribution in [0.3, 0.4) is 0 Å². The summed E-state index contributed by atoms with van der Waals surface area (Å²) in [6.45, 7) is 0. The van der Waals surface area contributed by atoms with E-state index in [9.17, 15) is 30.8 Å². The monoisotopic (exact) mass is 522 g/mol. The van der Waals surface area contributed by atoms with Gasteiger partial charge in [-0.15, -0.1) is 0 Å². The molecule has 1 saturated carbocycles. The van der Waals surface area contributed by atoms with Crippen LogP contribution >= 0.6 is 0 Å². The van der Waals surface area contributed by atoms with E-state index in [0.29, 0.717) is 49.1 Å². The van der Waals surface area contributed by atoms with E-state index < -0.39 is 38.6 Å². The molecule has 36 heavy (non-hydrogen) atoms. The second-order valence-electron chi connectivity index (χ2n) is 8.53. The van der Waals surface area contributed by atoms with Crippen LogP contribution in [-0.2, 0) is 16.0 Å². The first-order chi connectivity index (χ1) is 16.9. The standard InChI is InChI=1S/C24H22F4N4O3S/c25-20-12-16(24(26,27)28)13-31-23(20)32-17-3-7-19(8-4-17)36(34,35)18-5-1-14(2-6-18)15-9-10-30-21(11-15)22(29)33/h1-2,5-6,9-13,17,19H,3-4,7-8H2,(H2,29,33)(H,31,32). The lowest BCUT2D eigenvalue weighted by atomic mass is 9.95. The zero-order chi connectivity index (χ0) is 26.1. The molecule has 2 aromatic heterocycles. The van der Waals surface area contributed by atoms with Crippen LogP contribution in [0.4, 0.5) is 23.4 Å². The van der Waals surface area contributed by atoms with E-state index in [4.69, 9.17) is 5.73 Å². The lowest BCUT2D eigenvalue weighted by molar-refractivity contribution is -0.138. The predicted octanol–water partition coefficient (Wildman–Crippen LogP) is 4.60. The number of anilines is 1. The third-order valence-corrected chi connectivity index (χ3v) is 8.43. The van der Waals surface area contributed by atoms with E-state index in [2.05, 4.69) is 15.3 Å². The zero-order valence-electron chi connectivity index (χ0n) is 18.8. The highest BCUT2D eigenvalue weighted by molar-refractivity contribution is 7.92. The summed E-state index contributed by atoms with van der Waals surface area (Å²) in [6, 6.07) is 9.55. The van der Waals surface area contributed by atoms with Crippen molar-refractivity contribution in [3.8, 4) is 11.1 Å². The van der Waals surface area contributed by atoms with Gasteiger partial charge >= 0.3 is 6.18 Å². The Kier molecular flexibility index (Phi) is 6.98. The predicted molar refractivity (Wildman–Crippen MR) is 124 cm³/mol. The fourth-order valence-electron chi connectivity index (χ4n) is 4.18. The molecule has 3 aromatic rings. The molecule has 1 amide bonds. The third kappa shape index (κ3) is 5.48. The van der Waals surface area contributed by atoms with Crippen molar-refractivity contribution < 1.29 is 30.8 Å². The summed E-state index contributed by atoms with van der Waals surface area (Å²) in [7, 11) is -3.64. The number of primary amides is 1. The summed E-state index contributed by atoms with van der Waals surface area (Å²) >= 11 is 0. The summed E-state index contributed by atoms with van der Waals surface area (Å²) in [4.78, 5) is 18.9. The molecule has 1 aliphatic rings. The Bertz CT molecular complexity index is 1370. The van der Waals surface area contributed by atoms with Gasteiger partial charge in [0.2, 0.25) is 0 Å². The van der Waals surface area contributed by atoms with Crippen LogP contribution in [-0.4, -0.2) is 35.6 Å². The summed E-state index contributed by atoms with van der Waals surface area (Å²) < 4.78 is 78.5. The minimum atomic E-state index is -4.69. The number of benzene rings is 1. The highest BCUT2D eigenvalue weighted by atomic mass is 32.2. The van der Waals surface area contributed by atoms with Crippen LogP contribution in [0.1, 0.15) is 41.7 Å². The average molecular weight is 523 g/mol. The average Bonchev–Trinajstić information content (AvgIpc) is 2.85. The minimum absolute atomic E-state index is 0.0981. The van der Waals surface area contributed by atoms with E-state index in [1.54, 1.807) is 18.2 Å². The number of rotatable bonds is 6. The van der Waals surface area contributed by atoms with Crippen molar-refractivity contribution in [3.05, 3.63) is 71.9 Å². The molecule has 0 atom stereocenters. The smallest absolute Gasteiger partial charge is 0.365 e. The van der Waals surface area contributed by atoms with Crippen LogP contribution in [0.2, 0.25) is 0 Å². The maximum atomic E-state index is 14.1. The van der Waals surface area contributed by atoms with Crippen LogP contribution in [0, 0.1) is 5.82 Å². The molecule has 1 aromatic carbocycles. The molecule has 0 unspecified atom stereocenters. The topological polar surface area (TPSA) is 115 Å². The van der Waals surface area contributed by atoms with E-state index in [-0.39, 0.29) is 22.4 Å². The lowest BCUT2D eigenvalue weighted by Gasteiger charge is -2.29. The van der Waals surface area contributed by atoms with Gasteiger partial charge < -0.3 is 11.1 Å². The number of carbonyl (C=O) groups is 1. The number of nitrogens with one attached hydrogen (secondary N) is 1. The van der Waals surface area contributed by atoms with Gasteiger partial charge in [-0.1, -0.05) is 12.1 Å². The number of amides is 1. The van der Waals surface area contributed by atoms with Gasteiger partial charge in [-0.05, 0) is 67.1 Å². The van der Waals surface area contributed by atoms with Gasteiger partial charge in [0.1, 0.15) is 5.69 Å². The van der Waals surface area contributed by atoms with Crippen molar-refractivity contribution in [3.63, 3.8) is 0 Å². The number of hydrogen-bond donors (Lipinski definition) is 2. The molecule has 12 heteroatoms. The van der Waals surface area contributed by atoms with E-state index in [0.717, 1.165) is 0 Å². The number of aromatic nitrogens is 2. The first-order valence-electron chi connectivity index (χ1n) is 11.0. The van der Waals surface area contributed by atoms with Gasteiger partial charge in [-0.25, -0.2) is 17.8 Å². The molecule has 0 radical (unpaired) electrons. The van der Waals surface area contributed by atoms with Gasteiger partial charge in [-0.2, -0.15) is 13.2 Å². The molecule has 2 heterocycles. The maximum absolute atomic E-state index is 14.1. The SMILES string of the molecule is NC(=O)c1cc(-c2ccc(S(=O)(=O)C3CCC(Nc4ncc(C(F)(F)F)cc4F)CC3)cc2)ccn1. The number of hydrogen-bond acceptors (Lipinski definition) is 6. The number of halogens is 4. The Morgan fingerprint density at radius 2 is 1.64 bits per heavy atom. The van der Waals surface area contributed by atoms with Crippen LogP contribution in [0.5, 0.6) is 0 Å². The molecule has 0 aliphatic heterocycles. The molecule has 3 N–H and O–H groups in total. The third-order valence-electron chi connectivity index (χ3n) is 6.15. The largest absolute Gasteiger partial charge is 0.417 e. The summed E-state index contributed by atoms with van der Waals surface area (Å²) in [5.41, 5.74) is 5.54. The van der Waals surface area contributed by atoms with Crippen LogP contribution < -0.4 is 11.1 Å². The highest BCUT2D eigenvalue weighted by Crippen LogP contribution is 2.33. The Morgan fingerprint density at radius 1 is 0.972 bits per heavy atom. The van der Waals surface area contributed by atoms with E-state index in [1.807, 2.05) is 0 Å². The van der Waals surface area contributed by atoms with Crippen LogP contribution in [0.15, 0.2) is 59.8 Å². The van der Waals surface area contributed by atoms with Crippen molar-refractivity contribution in [2.24, 2.45) is 5.73 Å². The van der Waals surface area contributed by atoms with E-state index in [1.165, 1.54) is 24.4 Å². The number of nitrogens with two attached hydrogens (primary N) is 1. The Balaban J connectivity index is 1.40. The van der Waals surface area contributed by atoms with Crippen molar-refractivity contribution in [2.75, 3.05) is 5.32 Å². The van der Waals surface area contributed by atoms with Gasteiger partial charge in [0.05, 0.1) is 15.7 Å². The maximum Gasteiger partial charge on any atom is 0.417 e. The van der Waals surface area contributed by atoms with Gasteiger partial charge in [0.25, 0.3) is 5.91 Å². The van der Waals surface area contributed by atoms with Crippen molar-refractivity contribution in [2.45, 2.75) is 48.0 Å². The molecule has 7 nitrogen and oxygen atoms in total. The first-order valence-corrected chi connectivity index (χ1v) is 12.6. The second-order valence-corrected chi connectivity index (χ2v) is 10.8. The number of nitrogens with zero attached hydrogens (tertiary/aromatic N) is 2. The molecular formula is C24H22F4N4O3S. The van der Waals surface area contributed by atoms with Gasteiger partial charge in [-0.3, -0.25) is 9.78 Å². The molecule has 190 valence electrons. The molecule has 0 spiro atoms. The Hall–Kier alpha value is -3.54. The quantitative estimate of drug-likeness (QED) is 0.458. The van der Waals surface area contributed by atoms with Gasteiger partial charge in [0, 0.05) is 18.4 Å². The number of sulfone groups is 1. The molecule has 1 fully saturated rings. The molecule has 0 bridgehead atoms. The second kappa shape index (κ2) is 9.84. The molecule has 0 saturated heterocycles. The summed E-state index contributed by atoms with van der Waals surface area (Å²) in [6.07, 6.45) is -1.31. The zero-order valence-corrected chi connectivity index (χ0v) is 19.6. The van der Waals surface area contributed by atoms with Crippen LogP contribution in [0.25, 0.3) is 11.1 Å².